The third-order valence-corrected chi connectivity index (χ3v) is 8.50. The van der Waals surface area contributed by atoms with Crippen LogP contribution in [0.2, 0.25) is 5.02 Å². The van der Waals surface area contributed by atoms with Crippen LogP contribution in [0.1, 0.15) is 15.9 Å². The molecule has 5 rings (SSSR count). The van der Waals surface area contributed by atoms with Crippen LogP contribution in [0.4, 0.5) is 5.69 Å². The van der Waals surface area contributed by atoms with Crippen molar-refractivity contribution in [2.75, 3.05) is 44.3 Å². The van der Waals surface area contributed by atoms with Gasteiger partial charge in [0, 0.05) is 50.4 Å². The van der Waals surface area contributed by atoms with Gasteiger partial charge in [-0.25, -0.2) is 8.42 Å². The lowest BCUT2D eigenvalue weighted by atomic mass is 10.1. The van der Waals surface area contributed by atoms with Crippen LogP contribution >= 0.6 is 11.6 Å². The Morgan fingerprint density at radius 1 is 0.917 bits per heavy atom. The van der Waals surface area contributed by atoms with Crippen molar-refractivity contribution >= 4 is 33.2 Å². The van der Waals surface area contributed by atoms with Gasteiger partial charge in [-0.2, -0.15) is 0 Å². The number of benzene rings is 3. The lowest BCUT2D eigenvalue weighted by Crippen LogP contribution is -2.48. The Labute approximate surface area is 215 Å². The molecular weight excluding hydrogens is 502 g/mol. The Morgan fingerprint density at radius 3 is 2.28 bits per heavy atom. The number of hydrogen-bond donors (Lipinski definition) is 0. The third kappa shape index (κ3) is 5.00. The monoisotopic (exact) mass is 527 g/mol. The van der Waals surface area contributed by atoms with E-state index in [-0.39, 0.29) is 17.6 Å². The summed E-state index contributed by atoms with van der Waals surface area (Å²) in [5.74, 6) is 1.48. The molecule has 3 aromatic carbocycles. The van der Waals surface area contributed by atoms with Crippen LogP contribution in [0.15, 0.2) is 71.6 Å². The van der Waals surface area contributed by atoms with E-state index in [0.717, 1.165) is 36.7 Å². The highest BCUT2D eigenvalue weighted by atomic mass is 35.5. The summed E-state index contributed by atoms with van der Waals surface area (Å²) in [5.41, 5.74) is 2.14. The Hall–Kier alpha value is -3.27. The summed E-state index contributed by atoms with van der Waals surface area (Å²) in [4.78, 5) is 17.3. The number of sulfonamides is 1. The maximum Gasteiger partial charge on any atom is 0.264 e. The van der Waals surface area contributed by atoms with E-state index in [0.29, 0.717) is 29.4 Å². The third-order valence-electron chi connectivity index (χ3n) is 6.45. The molecule has 36 heavy (non-hydrogen) atoms. The second kappa shape index (κ2) is 10.0. The number of carbonyl (C=O) groups is 1. The molecule has 3 aromatic rings. The highest BCUT2D eigenvalue weighted by Crippen LogP contribution is 2.33. The van der Waals surface area contributed by atoms with Crippen LogP contribution in [0.3, 0.4) is 0 Å². The highest BCUT2D eigenvalue weighted by Gasteiger charge is 2.25. The SMILES string of the molecule is CN(c1ccc(C(=O)N2CCN(Cc3ccc4c(c3)OCO4)CC2)cc1)S(=O)(=O)c1ccc(Cl)cc1. The van der Waals surface area contributed by atoms with E-state index in [4.69, 9.17) is 21.1 Å². The van der Waals surface area contributed by atoms with Gasteiger partial charge in [-0.15, -0.1) is 0 Å². The fraction of sp³-hybridized carbons (Fsp3) is 0.269. The van der Waals surface area contributed by atoms with E-state index >= 15 is 0 Å². The molecule has 188 valence electrons. The van der Waals surface area contributed by atoms with Gasteiger partial charge >= 0.3 is 0 Å². The largest absolute Gasteiger partial charge is 0.454 e. The van der Waals surface area contributed by atoms with Gasteiger partial charge in [-0.1, -0.05) is 17.7 Å². The van der Waals surface area contributed by atoms with E-state index < -0.39 is 10.0 Å². The summed E-state index contributed by atoms with van der Waals surface area (Å²) < 4.78 is 37.9. The number of ether oxygens (including phenoxy) is 2. The van der Waals surface area contributed by atoms with Crippen molar-refractivity contribution in [3.05, 3.63) is 82.9 Å². The summed E-state index contributed by atoms with van der Waals surface area (Å²) in [6.07, 6.45) is 0. The lowest BCUT2D eigenvalue weighted by Gasteiger charge is -2.35. The van der Waals surface area contributed by atoms with E-state index in [1.807, 2.05) is 23.1 Å². The minimum Gasteiger partial charge on any atom is -0.454 e. The van der Waals surface area contributed by atoms with Crippen molar-refractivity contribution < 1.29 is 22.7 Å². The molecule has 2 aliphatic heterocycles. The van der Waals surface area contributed by atoms with Crippen molar-refractivity contribution in [2.45, 2.75) is 11.4 Å². The summed E-state index contributed by atoms with van der Waals surface area (Å²) in [5, 5.41) is 0.466. The molecule has 0 saturated carbocycles. The molecule has 0 aliphatic carbocycles. The van der Waals surface area contributed by atoms with Crippen molar-refractivity contribution in [2.24, 2.45) is 0 Å². The summed E-state index contributed by atoms with van der Waals surface area (Å²) in [6.45, 7) is 3.81. The minimum atomic E-state index is -3.74. The number of fused-ring (bicyclic) bond motifs is 1. The van der Waals surface area contributed by atoms with Crippen LogP contribution in [0.25, 0.3) is 0 Å². The molecule has 0 radical (unpaired) electrons. The number of carbonyl (C=O) groups excluding carboxylic acids is 1. The quantitative estimate of drug-likeness (QED) is 0.484. The fourth-order valence-corrected chi connectivity index (χ4v) is 5.63. The van der Waals surface area contributed by atoms with Gasteiger partial charge < -0.3 is 14.4 Å². The van der Waals surface area contributed by atoms with Gasteiger partial charge in [0.15, 0.2) is 11.5 Å². The Balaban J connectivity index is 1.18. The van der Waals surface area contributed by atoms with Crippen molar-refractivity contribution in [1.29, 1.82) is 0 Å². The summed E-state index contributed by atoms with van der Waals surface area (Å²) in [7, 11) is -2.25. The predicted octanol–water partition coefficient (Wildman–Crippen LogP) is 3.85. The molecule has 8 nitrogen and oxygen atoms in total. The van der Waals surface area contributed by atoms with E-state index in [1.54, 1.807) is 36.4 Å². The predicted molar refractivity (Wildman–Crippen MR) is 137 cm³/mol. The zero-order valence-electron chi connectivity index (χ0n) is 19.8. The first-order valence-electron chi connectivity index (χ1n) is 11.6. The first kappa shape index (κ1) is 24.4. The number of anilines is 1. The van der Waals surface area contributed by atoms with Gasteiger partial charge in [0.2, 0.25) is 6.79 Å². The molecule has 0 aromatic heterocycles. The molecule has 2 heterocycles. The van der Waals surface area contributed by atoms with Gasteiger partial charge in [-0.3, -0.25) is 14.0 Å². The molecule has 0 atom stereocenters. The first-order chi connectivity index (χ1) is 17.3. The molecule has 1 amide bonds. The van der Waals surface area contributed by atoms with Crippen LogP contribution in [-0.2, 0) is 16.6 Å². The molecule has 0 bridgehead atoms. The first-order valence-corrected chi connectivity index (χ1v) is 13.4. The van der Waals surface area contributed by atoms with Gasteiger partial charge in [0.1, 0.15) is 0 Å². The van der Waals surface area contributed by atoms with Crippen LogP contribution < -0.4 is 13.8 Å². The van der Waals surface area contributed by atoms with Crippen LogP contribution in [0.5, 0.6) is 11.5 Å². The van der Waals surface area contributed by atoms with Crippen LogP contribution in [0, 0.1) is 0 Å². The second-order valence-corrected chi connectivity index (χ2v) is 11.1. The molecule has 0 unspecified atom stereocenters. The van der Waals surface area contributed by atoms with Crippen molar-refractivity contribution in [3.63, 3.8) is 0 Å². The Kier molecular flexibility index (Phi) is 6.79. The van der Waals surface area contributed by atoms with E-state index in [9.17, 15) is 13.2 Å². The molecule has 1 saturated heterocycles. The highest BCUT2D eigenvalue weighted by molar-refractivity contribution is 7.92. The lowest BCUT2D eigenvalue weighted by molar-refractivity contribution is 0.0628. The van der Waals surface area contributed by atoms with Crippen LogP contribution in [-0.4, -0.2) is 64.1 Å². The Bertz CT molecular complexity index is 1360. The number of hydrogen-bond acceptors (Lipinski definition) is 6. The average molecular weight is 528 g/mol. The fourth-order valence-electron chi connectivity index (χ4n) is 4.31. The molecular formula is C26H26ClN3O5S. The second-order valence-electron chi connectivity index (χ2n) is 8.73. The van der Waals surface area contributed by atoms with Gasteiger partial charge in [0.25, 0.3) is 15.9 Å². The number of rotatable bonds is 6. The molecule has 10 heteroatoms. The maximum absolute atomic E-state index is 13.1. The number of piperazine rings is 1. The minimum absolute atomic E-state index is 0.0625. The number of amides is 1. The Morgan fingerprint density at radius 2 is 1.58 bits per heavy atom. The maximum atomic E-state index is 13.1. The zero-order chi connectivity index (χ0) is 25.3. The van der Waals surface area contributed by atoms with Crippen molar-refractivity contribution in [3.8, 4) is 11.5 Å². The standard InChI is InChI=1S/C26H26ClN3O5S/c1-28(36(32,33)23-9-5-21(27)6-10-23)22-7-3-20(4-8-22)26(31)30-14-12-29(13-15-30)17-19-2-11-24-25(16-19)35-18-34-24/h2-11,16H,12-15,17-18H2,1H3. The van der Waals surface area contributed by atoms with Crippen molar-refractivity contribution in [1.82, 2.24) is 9.80 Å². The normalized spacial score (nSPS) is 15.7. The summed E-state index contributed by atoms with van der Waals surface area (Å²) >= 11 is 5.88. The molecule has 0 spiro atoms. The van der Waals surface area contributed by atoms with E-state index in [1.165, 1.54) is 23.5 Å². The van der Waals surface area contributed by atoms with Gasteiger partial charge in [-0.05, 0) is 66.2 Å². The van der Waals surface area contributed by atoms with Gasteiger partial charge in [0.05, 0.1) is 10.6 Å². The molecule has 0 N–H and O–H groups in total. The van der Waals surface area contributed by atoms with E-state index in [2.05, 4.69) is 4.90 Å². The topological polar surface area (TPSA) is 79.4 Å². The average Bonchev–Trinajstić information content (AvgIpc) is 3.37. The zero-order valence-corrected chi connectivity index (χ0v) is 21.3. The number of halogens is 1. The molecule has 2 aliphatic rings. The molecule has 1 fully saturated rings. The smallest absolute Gasteiger partial charge is 0.264 e. The summed E-state index contributed by atoms with van der Waals surface area (Å²) in [6, 6.07) is 18.6. The number of nitrogens with zero attached hydrogens (tertiary/aromatic N) is 3.